The summed E-state index contributed by atoms with van der Waals surface area (Å²) in [7, 11) is 3.16. The lowest BCUT2D eigenvalue weighted by atomic mass is 10.0. The molecule has 1 amide bonds. The summed E-state index contributed by atoms with van der Waals surface area (Å²) in [5.74, 6) is 0.410. The van der Waals surface area contributed by atoms with Gasteiger partial charge in [-0.1, -0.05) is 33.8 Å². The molecule has 170 valence electrons. The zero-order chi connectivity index (χ0) is 23.1. The average Bonchev–Trinajstić information content (AvgIpc) is 3.08. The Hall–Kier alpha value is -3.03. The summed E-state index contributed by atoms with van der Waals surface area (Å²) in [5.41, 5.74) is 1.64. The Bertz CT molecular complexity index is 882. The van der Waals surface area contributed by atoms with Crippen molar-refractivity contribution >= 4 is 11.9 Å². The highest BCUT2D eigenvalue weighted by Gasteiger charge is 2.24. The fourth-order valence-electron chi connectivity index (χ4n) is 3.55. The first-order chi connectivity index (χ1) is 14.7. The van der Waals surface area contributed by atoms with Gasteiger partial charge >= 0.3 is 5.97 Å². The van der Waals surface area contributed by atoms with Gasteiger partial charge in [0.25, 0.3) is 5.91 Å². The number of hydrogen-bond acceptors (Lipinski definition) is 5. The first kappa shape index (κ1) is 24.2. The minimum absolute atomic E-state index is 0.135. The van der Waals surface area contributed by atoms with Crippen LogP contribution in [0, 0.1) is 11.8 Å². The zero-order valence-electron chi connectivity index (χ0n) is 19.1. The minimum Gasteiger partial charge on any atom is -0.496 e. The van der Waals surface area contributed by atoms with Crippen molar-refractivity contribution in [1.29, 1.82) is 0 Å². The summed E-state index contributed by atoms with van der Waals surface area (Å²) in [6.45, 7) is 8.70. The molecule has 0 saturated heterocycles. The molecule has 0 spiro atoms. The molecule has 1 atom stereocenters. The molecule has 0 aliphatic carbocycles. The van der Waals surface area contributed by atoms with E-state index in [1.54, 1.807) is 25.0 Å². The Morgan fingerprint density at radius 2 is 1.71 bits per heavy atom. The van der Waals surface area contributed by atoms with Crippen molar-refractivity contribution in [1.82, 2.24) is 15.1 Å². The number of amides is 1. The van der Waals surface area contributed by atoms with E-state index in [-0.39, 0.29) is 24.0 Å². The van der Waals surface area contributed by atoms with Crippen LogP contribution in [0.5, 0.6) is 11.5 Å². The molecule has 31 heavy (non-hydrogen) atoms. The van der Waals surface area contributed by atoms with Crippen LogP contribution >= 0.6 is 0 Å². The molecule has 2 rings (SSSR count). The van der Waals surface area contributed by atoms with E-state index in [9.17, 15) is 14.7 Å². The van der Waals surface area contributed by atoms with Crippen molar-refractivity contribution in [3.63, 3.8) is 0 Å². The highest BCUT2D eigenvalue weighted by atomic mass is 16.5. The maximum atomic E-state index is 13.0. The van der Waals surface area contributed by atoms with Gasteiger partial charge in [-0.25, -0.2) is 0 Å². The Morgan fingerprint density at radius 1 is 1.10 bits per heavy atom. The van der Waals surface area contributed by atoms with Crippen molar-refractivity contribution in [3.8, 4) is 22.8 Å². The Labute approximate surface area is 183 Å². The summed E-state index contributed by atoms with van der Waals surface area (Å²) < 4.78 is 12.8. The van der Waals surface area contributed by atoms with Gasteiger partial charge in [0.15, 0.2) is 5.69 Å². The van der Waals surface area contributed by atoms with E-state index < -0.39 is 17.9 Å². The van der Waals surface area contributed by atoms with Crippen molar-refractivity contribution in [2.75, 3.05) is 14.2 Å². The fourth-order valence-corrected chi connectivity index (χ4v) is 3.55. The second kappa shape index (κ2) is 10.8. The number of ether oxygens (including phenoxy) is 2. The number of hydrogen-bond donors (Lipinski definition) is 2. The second-order valence-corrected chi connectivity index (χ2v) is 8.43. The number of carbonyl (C=O) groups is 2. The molecule has 1 aromatic heterocycles. The first-order valence-electron chi connectivity index (χ1n) is 10.5. The highest BCUT2D eigenvalue weighted by Crippen LogP contribution is 2.38. The van der Waals surface area contributed by atoms with E-state index in [0.29, 0.717) is 35.7 Å². The lowest BCUT2D eigenvalue weighted by Gasteiger charge is -2.18. The molecule has 0 saturated carbocycles. The highest BCUT2D eigenvalue weighted by molar-refractivity contribution is 5.94. The quantitative estimate of drug-likeness (QED) is 0.560. The van der Waals surface area contributed by atoms with Gasteiger partial charge in [-0.3, -0.25) is 14.3 Å². The van der Waals surface area contributed by atoms with Crippen LogP contribution in [0.3, 0.4) is 0 Å². The third-order valence-corrected chi connectivity index (χ3v) is 4.75. The molecular weight excluding hydrogens is 398 g/mol. The summed E-state index contributed by atoms with van der Waals surface area (Å²) >= 11 is 0. The summed E-state index contributed by atoms with van der Waals surface area (Å²) in [6, 6.07) is 6.72. The van der Waals surface area contributed by atoms with Gasteiger partial charge in [-0.05, 0) is 36.5 Å². The predicted octanol–water partition coefficient (Wildman–Crippen LogP) is 3.84. The number of carbonyl (C=O) groups excluding carboxylic acids is 1. The normalized spacial score (nSPS) is 12.1. The molecular formula is C23H33N3O5. The van der Waals surface area contributed by atoms with Gasteiger partial charge in [0, 0.05) is 12.6 Å². The van der Waals surface area contributed by atoms with Crippen LogP contribution in [-0.4, -0.2) is 47.0 Å². The number of nitrogens with one attached hydrogen (secondary N) is 1. The first-order valence-corrected chi connectivity index (χ1v) is 10.5. The lowest BCUT2D eigenvalue weighted by molar-refractivity contribution is -0.137. The fraction of sp³-hybridized carbons (Fsp3) is 0.522. The molecule has 1 aromatic carbocycles. The standard InChI is InChI=1S/C23H33N3O5/c1-14(2)10-16(11-21(27)28)24-23(29)17-12-18(26(25-17)13-15(3)4)22-19(30-5)8-7-9-20(22)31-6/h7-9,12,14-16H,10-11,13H2,1-6H3,(H,24,29)(H,27,28). The molecule has 8 nitrogen and oxygen atoms in total. The van der Waals surface area contributed by atoms with Gasteiger partial charge in [-0.15, -0.1) is 0 Å². The zero-order valence-corrected chi connectivity index (χ0v) is 19.1. The largest absolute Gasteiger partial charge is 0.496 e. The summed E-state index contributed by atoms with van der Waals surface area (Å²) in [5, 5.41) is 16.6. The molecule has 0 aliphatic rings. The molecule has 2 aromatic rings. The van der Waals surface area contributed by atoms with Crippen LogP contribution in [0.4, 0.5) is 0 Å². The molecule has 0 aliphatic heterocycles. The predicted molar refractivity (Wildman–Crippen MR) is 119 cm³/mol. The van der Waals surface area contributed by atoms with Crippen LogP contribution in [0.25, 0.3) is 11.3 Å². The number of carboxylic acids is 1. The molecule has 1 unspecified atom stereocenters. The Balaban J connectivity index is 2.47. The topological polar surface area (TPSA) is 103 Å². The third-order valence-electron chi connectivity index (χ3n) is 4.75. The molecule has 8 heteroatoms. The van der Waals surface area contributed by atoms with Crippen LogP contribution in [0.1, 0.15) is 51.0 Å². The van der Waals surface area contributed by atoms with E-state index in [2.05, 4.69) is 24.3 Å². The number of methoxy groups -OCH3 is 2. The van der Waals surface area contributed by atoms with E-state index in [1.165, 1.54) is 0 Å². The van der Waals surface area contributed by atoms with Gasteiger partial charge in [0.2, 0.25) is 0 Å². The van der Waals surface area contributed by atoms with Crippen LogP contribution in [0.2, 0.25) is 0 Å². The van der Waals surface area contributed by atoms with E-state index >= 15 is 0 Å². The third kappa shape index (κ3) is 6.47. The van der Waals surface area contributed by atoms with Crippen LogP contribution < -0.4 is 14.8 Å². The summed E-state index contributed by atoms with van der Waals surface area (Å²) in [6.07, 6.45) is 0.432. The van der Waals surface area contributed by atoms with Crippen LogP contribution in [0.15, 0.2) is 24.3 Å². The number of nitrogens with zero attached hydrogens (tertiary/aromatic N) is 2. The smallest absolute Gasteiger partial charge is 0.305 e. The molecule has 0 bridgehead atoms. The number of aliphatic carboxylic acids is 1. The van der Waals surface area contributed by atoms with Gasteiger partial charge < -0.3 is 19.9 Å². The van der Waals surface area contributed by atoms with Gasteiger partial charge in [0.05, 0.1) is 31.9 Å². The summed E-state index contributed by atoms with van der Waals surface area (Å²) in [4.78, 5) is 24.2. The number of benzene rings is 1. The number of carboxylic acid groups (broad SMARTS) is 1. The van der Waals surface area contributed by atoms with Crippen molar-refractivity contribution in [2.45, 2.75) is 53.1 Å². The van der Waals surface area contributed by atoms with Gasteiger partial charge in [-0.2, -0.15) is 5.10 Å². The Kier molecular flexibility index (Phi) is 8.47. The number of aromatic nitrogens is 2. The molecule has 0 radical (unpaired) electrons. The second-order valence-electron chi connectivity index (χ2n) is 8.43. The van der Waals surface area contributed by atoms with Crippen molar-refractivity contribution in [2.24, 2.45) is 11.8 Å². The van der Waals surface area contributed by atoms with Crippen molar-refractivity contribution < 1.29 is 24.2 Å². The lowest BCUT2D eigenvalue weighted by Crippen LogP contribution is -2.37. The molecule has 0 fully saturated rings. The Morgan fingerprint density at radius 3 is 2.19 bits per heavy atom. The van der Waals surface area contributed by atoms with E-state index in [0.717, 1.165) is 0 Å². The molecule has 2 N–H and O–H groups in total. The average molecular weight is 432 g/mol. The van der Waals surface area contributed by atoms with Gasteiger partial charge in [0.1, 0.15) is 11.5 Å². The maximum Gasteiger partial charge on any atom is 0.305 e. The van der Waals surface area contributed by atoms with E-state index in [1.807, 2.05) is 32.0 Å². The van der Waals surface area contributed by atoms with Crippen LogP contribution in [-0.2, 0) is 11.3 Å². The number of rotatable bonds is 11. The maximum absolute atomic E-state index is 13.0. The minimum atomic E-state index is -0.948. The van der Waals surface area contributed by atoms with E-state index in [4.69, 9.17) is 9.47 Å². The van der Waals surface area contributed by atoms with Crippen molar-refractivity contribution in [3.05, 3.63) is 30.0 Å². The monoisotopic (exact) mass is 431 g/mol. The SMILES string of the molecule is COc1cccc(OC)c1-c1cc(C(=O)NC(CC(=O)O)CC(C)C)nn1CC(C)C. The molecule has 1 heterocycles.